The van der Waals surface area contributed by atoms with Crippen LogP contribution in [0.15, 0.2) is 18.2 Å². The Morgan fingerprint density at radius 2 is 2.29 bits per heavy atom. The fourth-order valence-electron chi connectivity index (χ4n) is 1.17. The maximum atomic E-state index is 11.0. The quantitative estimate of drug-likeness (QED) is 0.586. The normalized spacial score (nSPS) is 9.18. The first kappa shape index (κ1) is 12.4. The minimum absolute atomic E-state index is 0.0409. The van der Waals surface area contributed by atoms with Gasteiger partial charge in [-0.2, -0.15) is 5.26 Å². The smallest absolute Gasteiger partial charge is 0.287 e. The van der Waals surface area contributed by atoms with Crippen LogP contribution in [-0.2, 0) is 4.79 Å². The summed E-state index contributed by atoms with van der Waals surface area (Å²) in [6.07, 6.45) is 0. The number of nitro benzene ring substituents is 1. The van der Waals surface area contributed by atoms with Gasteiger partial charge in [-0.15, -0.1) is 0 Å². The molecule has 1 aromatic rings. The third-order valence-corrected chi connectivity index (χ3v) is 2.05. The molecule has 0 aromatic heterocycles. The molecule has 0 saturated carbocycles. The summed E-state index contributed by atoms with van der Waals surface area (Å²) in [4.78, 5) is 20.9. The van der Waals surface area contributed by atoms with Gasteiger partial charge in [-0.25, -0.2) is 0 Å². The molecular formula is C10H10N4O3. The Hall–Kier alpha value is -2.62. The van der Waals surface area contributed by atoms with Crippen LogP contribution in [0.25, 0.3) is 0 Å². The highest BCUT2D eigenvalue weighted by Crippen LogP contribution is 2.21. The van der Waals surface area contributed by atoms with Crippen LogP contribution in [0.1, 0.15) is 5.56 Å². The molecule has 1 aromatic carbocycles. The van der Waals surface area contributed by atoms with Crippen molar-refractivity contribution < 1.29 is 9.72 Å². The Balaban J connectivity index is 2.87. The molecule has 0 unspecified atom stereocenters. The molecule has 0 aliphatic rings. The van der Waals surface area contributed by atoms with E-state index in [0.717, 1.165) is 0 Å². The van der Waals surface area contributed by atoms with Crippen molar-refractivity contribution in [2.75, 3.05) is 18.9 Å². The minimum atomic E-state index is -0.624. The van der Waals surface area contributed by atoms with Crippen molar-refractivity contribution in [1.82, 2.24) is 5.32 Å². The van der Waals surface area contributed by atoms with Crippen LogP contribution in [0.3, 0.4) is 0 Å². The van der Waals surface area contributed by atoms with E-state index in [2.05, 4.69) is 10.6 Å². The summed E-state index contributed by atoms with van der Waals surface area (Å²) in [5.41, 5.74) is 0.186. The van der Waals surface area contributed by atoms with E-state index in [1.165, 1.54) is 25.2 Å². The number of nitrogens with zero attached hydrogens (tertiary/aromatic N) is 2. The average Bonchev–Trinajstić information content (AvgIpc) is 2.35. The summed E-state index contributed by atoms with van der Waals surface area (Å²) in [7, 11) is 1.50. The third kappa shape index (κ3) is 3.17. The lowest BCUT2D eigenvalue weighted by Crippen LogP contribution is -2.26. The zero-order valence-corrected chi connectivity index (χ0v) is 9.06. The van der Waals surface area contributed by atoms with Crippen LogP contribution >= 0.6 is 0 Å². The molecule has 0 aliphatic carbocycles. The first-order valence-electron chi connectivity index (χ1n) is 4.71. The average molecular weight is 234 g/mol. The van der Waals surface area contributed by atoms with Crippen molar-refractivity contribution in [2.24, 2.45) is 0 Å². The number of rotatable bonds is 4. The lowest BCUT2D eigenvalue weighted by atomic mass is 10.2. The molecule has 0 saturated heterocycles. The van der Waals surface area contributed by atoms with E-state index in [4.69, 9.17) is 5.26 Å². The van der Waals surface area contributed by atoms with E-state index < -0.39 is 4.92 Å². The molecule has 7 nitrogen and oxygen atoms in total. The second-order valence-corrected chi connectivity index (χ2v) is 3.13. The molecule has 0 atom stereocenters. The molecule has 17 heavy (non-hydrogen) atoms. The van der Waals surface area contributed by atoms with Gasteiger partial charge in [0.25, 0.3) is 5.69 Å². The summed E-state index contributed by atoms with van der Waals surface area (Å²) in [5, 5.41) is 24.5. The van der Waals surface area contributed by atoms with Crippen molar-refractivity contribution in [2.45, 2.75) is 0 Å². The van der Waals surface area contributed by atoms with Crippen molar-refractivity contribution in [3.05, 3.63) is 33.9 Å². The van der Waals surface area contributed by atoms with Gasteiger partial charge in [-0.3, -0.25) is 14.9 Å². The topological polar surface area (TPSA) is 108 Å². The van der Waals surface area contributed by atoms with Gasteiger partial charge in [-0.1, -0.05) is 0 Å². The number of carbonyl (C=O) groups is 1. The van der Waals surface area contributed by atoms with E-state index in [1.54, 1.807) is 6.07 Å². The van der Waals surface area contributed by atoms with Crippen molar-refractivity contribution in [3.8, 4) is 6.07 Å². The number of nitro groups is 1. The number of amides is 1. The molecule has 2 N–H and O–H groups in total. The summed E-state index contributed by atoms with van der Waals surface area (Å²) in [6, 6.07) is 5.74. The second kappa shape index (κ2) is 5.46. The van der Waals surface area contributed by atoms with E-state index in [-0.39, 0.29) is 23.7 Å². The molecule has 0 radical (unpaired) electrons. The standard InChI is InChI=1S/C10H10N4O3/c1-12-10(15)6-13-8-2-3-9(14(16)17)7(4-8)5-11/h2-4,13H,6H2,1H3,(H,12,15). The van der Waals surface area contributed by atoms with E-state index in [1.807, 2.05) is 0 Å². The molecule has 0 aliphatic heterocycles. The number of hydrogen-bond acceptors (Lipinski definition) is 5. The predicted octanol–water partition coefficient (Wildman–Crippen LogP) is 0.624. The van der Waals surface area contributed by atoms with Gasteiger partial charge in [0.1, 0.15) is 11.6 Å². The van der Waals surface area contributed by atoms with E-state index in [9.17, 15) is 14.9 Å². The van der Waals surface area contributed by atoms with Gasteiger partial charge >= 0.3 is 0 Å². The third-order valence-electron chi connectivity index (χ3n) is 2.05. The van der Waals surface area contributed by atoms with E-state index in [0.29, 0.717) is 5.69 Å². The monoisotopic (exact) mass is 234 g/mol. The molecule has 1 amide bonds. The van der Waals surface area contributed by atoms with Crippen LogP contribution in [-0.4, -0.2) is 24.4 Å². The van der Waals surface area contributed by atoms with Gasteiger partial charge in [0.05, 0.1) is 11.5 Å². The highest BCUT2D eigenvalue weighted by Gasteiger charge is 2.13. The van der Waals surface area contributed by atoms with Gasteiger partial charge < -0.3 is 10.6 Å². The van der Waals surface area contributed by atoms with Crippen LogP contribution in [0, 0.1) is 21.4 Å². The number of hydrogen-bond donors (Lipinski definition) is 2. The number of likely N-dealkylation sites (N-methyl/N-ethyl adjacent to an activating group) is 1. The van der Waals surface area contributed by atoms with Gasteiger partial charge in [0, 0.05) is 18.8 Å². The Kier molecular flexibility index (Phi) is 4.00. The minimum Gasteiger partial charge on any atom is -0.376 e. The van der Waals surface area contributed by atoms with E-state index >= 15 is 0 Å². The first-order chi connectivity index (χ1) is 8.08. The maximum Gasteiger partial charge on any atom is 0.287 e. The Morgan fingerprint density at radius 1 is 1.59 bits per heavy atom. The molecular weight excluding hydrogens is 224 g/mol. The molecule has 7 heteroatoms. The van der Waals surface area contributed by atoms with Gasteiger partial charge in [-0.05, 0) is 12.1 Å². The zero-order valence-electron chi connectivity index (χ0n) is 9.06. The second-order valence-electron chi connectivity index (χ2n) is 3.13. The van der Waals surface area contributed by atoms with Crippen molar-refractivity contribution >= 4 is 17.3 Å². The summed E-state index contributed by atoms with van der Waals surface area (Å²) in [6.45, 7) is 0.0409. The predicted molar refractivity (Wildman–Crippen MR) is 60.4 cm³/mol. The lowest BCUT2D eigenvalue weighted by Gasteiger charge is -2.05. The molecule has 0 spiro atoms. The van der Waals surface area contributed by atoms with Crippen molar-refractivity contribution in [1.29, 1.82) is 5.26 Å². The number of nitrogens with one attached hydrogen (secondary N) is 2. The Bertz CT molecular complexity index is 493. The first-order valence-corrected chi connectivity index (χ1v) is 4.71. The fourth-order valence-corrected chi connectivity index (χ4v) is 1.17. The maximum absolute atomic E-state index is 11.0. The van der Waals surface area contributed by atoms with Crippen LogP contribution in [0.2, 0.25) is 0 Å². The van der Waals surface area contributed by atoms with Crippen molar-refractivity contribution in [3.63, 3.8) is 0 Å². The molecule has 1 rings (SSSR count). The van der Waals surface area contributed by atoms with Crippen LogP contribution in [0.5, 0.6) is 0 Å². The molecule has 88 valence electrons. The summed E-state index contributed by atoms with van der Waals surface area (Å²) in [5.74, 6) is -0.220. The molecule has 0 fully saturated rings. The van der Waals surface area contributed by atoms with Crippen LogP contribution in [0.4, 0.5) is 11.4 Å². The summed E-state index contributed by atoms with van der Waals surface area (Å²) >= 11 is 0. The highest BCUT2D eigenvalue weighted by atomic mass is 16.6. The SMILES string of the molecule is CNC(=O)CNc1ccc([N+](=O)[O-])c(C#N)c1. The number of anilines is 1. The highest BCUT2D eigenvalue weighted by molar-refractivity contribution is 5.80. The Labute approximate surface area is 97.2 Å². The number of nitriles is 1. The Morgan fingerprint density at radius 3 is 2.82 bits per heavy atom. The fraction of sp³-hybridized carbons (Fsp3) is 0.200. The zero-order chi connectivity index (χ0) is 12.8. The number of carbonyl (C=O) groups excluding carboxylic acids is 1. The van der Waals surface area contributed by atoms with Gasteiger partial charge in [0.2, 0.25) is 5.91 Å². The molecule has 0 heterocycles. The number of benzene rings is 1. The lowest BCUT2D eigenvalue weighted by molar-refractivity contribution is -0.385. The largest absolute Gasteiger partial charge is 0.376 e. The molecule has 0 bridgehead atoms. The van der Waals surface area contributed by atoms with Crippen LogP contribution < -0.4 is 10.6 Å². The van der Waals surface area contributed by atoms with Gasteiger partial charge in [0.15, 0.2) is 0 Å². The summed E-state index contributed by atoms with van der Waals surface area (Å²) < 4.78 is 0.